The van der Waals surface area contributed by atoms with Crippen molar-refractivity contribution in [1.82, 2.24) is 10.2 Å². The van der Waals surface area contributed by atoms with Crippen LogP contribution in [0.5, 0.6) is 0 Å². The van der Waals surface area contributed by atoms with Gasteiger partial charge >= 0.3 is 5.97 Å². The maximum atomic E-state index is 11.1. The van der Waals surface area contributed by atoms with Gasteiger partial charge < -0.3 is 10.4 Å². The average molecular weight is 296 g/mol. The van der Waals surface area contributed by atoms with Gasteiger partial charge in [0.05, 0.1) is 17.0 Å². The Morgan fingerprint density at radius 2 is 2.00 bits per heavy atom. The Kier molecular flexibility index (Phi) is 3.81. The summed E-state index contributed by atoms with van der Waals surface area (Å²) < 4.78 is 21.8. The molecule has 4 N–H and O–H groups in total. The van der Waals surface area contributed by atoms with Crippen molar-refractivity contribution in [3.63, 3.8) is 0 Å². The number of aromatic nitrogens is 2. The van der Waals surface area contributed by atoms with E-state index in [1.807, 2.05) is 0 Å². The number of anilines is 1. The van der Waals surface area contributed by atoms with Gasteiger partial charge in [0.2, 0.25) is 10.0 Å². The summed E-state index contributed by atoms with van der Waals surface area (Å²) in [5.74, 6) is -1.57. The zero-order chi connectivity index (χ0) is 14.8. The van der Waals surface area contributed by atoms with Gasteiger partial charge in [0.25, 0.3) is 0 Å². The molecule has 20 heavy (non-hydrogen) atoms. The quantitative estimate of drug-likeness (QED) is 0.708. The standard InChI is InChI=1S/C11H12N4O4S/c12-20(18,19)6-5-13-9-7-3-1-2-4-8(7)14-15-10(9)11(16)17/h1-4H,5-6H2,(H,13,14)(H,16,17)(H2,12,18,19). The van der Waals surface area contributed by atoms with Crippen molar-refractivity contribution in [2.45, 2.75) is 0 Å². The first-order valence-corrected chi connectivity index (χ1v) is 7.33. The van der Waals surface area contributed by atoms with Gasteiger partial charge in [-0.25, -0.2) is 18.4 Å². The number of hydrogen-bond donors (Lipinski definition) is 3. The molecule has 9 heteroatoms. The lowest BCUT2D eigenvalue weighted by atomic mass is 10.1. The van der Waals surface area contributed by atoms with Crippen LogP contribution in [0.4, 0.5) is 5.69 Å². The molecule has 0 aliphatic carbocycles. The number of primary sulfonamides is 1. The third-order valence-electron chi connectivity index (χ3n) is 2.56. The van der Waals surface area contributed by atoms with Crippen LogP contribution in [0.15, 0.2) is 24.3 Å². The normalized spacial score (nSPS) is 11.4. The van der Waals surface area contributed by atoms with Crippen LogP contribution in [-0.2, 0) is 10.0 Å². The molecule has 0 bridgehead atoms. The molecule has 0 aliphatic heterocycles. The summed E-state index contributed by atoms with van der Waals surface area (Å²) in [5.41, 5.74) is 0.473. The molecule has 2 rings (SSSR count). The third-order valence-corrected chi connectivity index (χ3v) is 3.33. The van der Waals surface area contributed by atoms with Crippen LogP contribution >= 0.6 is 0 Å². The van der Waals surface area contributed by atoms with E-state index >= 15 is 0 Å². The van der Waals surface area contributed by atoms with Gasteiger partial charge in [-0.15, -0.1) is 10.2 Å². The molecule has 0 radical (unpaired) electrons. The van der Waals surface area contributed by atoms with Gasteiger partial charge in [0.15, 0.2) is 5.69 Å². The summed E-state index contributed by atoms with van der Waals surface area (Å²) in [5, 5.41) is 24.7. The van der Waals surface area contributed by atoms with Crippen molar-refractivity contribution in [3.8, 4) is 0 Å². The van der Waals surface area contributed by atoms with E-state index in [0.717, 1.165) is 0 Å². The predicted octanol–water partition coefficient (Wildman–Crippen LogP) is 0.0284. The number of fused-ring (bicyclic) bond motifs is 1. The van der Waals surface area contributed by atoms with Crippen molar-refractivity contribution in [3.05, 3.63) is 30.0 Å². The molecule has 0 unspecified atom stereocenters. The van der Waals surface area contributed by atoms with E-state index in [2.05, 4.69) is 15.5 Å². The Morgan fingerprint density at radius 1 is 1.30 bits per heavy atom. The highest BCUT2D eigenvalue weighted by molar-refractivity contribution is 7.89. The number of nitrogens with two attached hydrogens (primary N) is 1. The SMILES string of the molecule is NS(=O)(=O)CCNc1c(C(=O)O)nnc2ccccc12. The minimum Gasteiger partial charge on any atom is -0.476 e. The molecule has 0 fully saturated rings. The highest BCUT2D eigenvalue weighted by Gasteiger charge is 2.16. The second kappa shape index (κ2) is 5.39. The minimum absolute atomic E-state index is 0.0190. The topological polar surface area (TPSA) is 135 Å². The van der Waals surface area contributed by atoms with Crippen LogP contribution in [0.3, 0.4) is 0 Å². The van der Waals surface area contributed by atoms with Crippen LogP contribution in [0.1, 0.15) is 10.5 Å². The summed E-state index contributed by atoms with van der Waals surface area (Å²) in [7, 11) is -3.63. The average Bonchev–Trinajstić information content (AvgIpc) is 2.37. The molecule has 0 amide bonds. The molecule has 1 heterocycles. The fraction of sp³-hybridized carbons (Fsp3) is 0.182. The first kappa shape index (κ1) is 14.2. The molecular weight excluding hydrogens is 284 g/mol. The number of nitrogens with zero attached hydrogens (tertiary/aromatic N) is 2. The lowest BCUT2D eigenvalue weighted by Crippen LogP contribution is -2.23. The van der Waals surface area contributed by atoms with Gasteiger partial charge in [0.1, 0.15) is 0 Å². The monoisotopic (exact) mass is 296 g/mol. The molecule has 0 atom stereocenters. The Bertz CT molecular complexity index is 760. The number of benzene rings is 1. The number of carboxylic acid groups (broad SMARTS) is 1. The second-order valence-corrected chi connectivity index (χ2v) is 5.77. The molecule has 0 saturated heterocycles. The lowest BCUT2D eigenvalue weighted by molar-refractivity contribution is 0.0690. The van der Waals surface area contributed by atoms with Gasteiger partial charge in [0, 0.05) is 11.9 Å². The summed E-state index contributed by atoms with van der Waals surface area (Å²) in [6.07, 6.45) is 0. The number of hydrogen-bond acceptors (Lipinski definition) is 6. The molecule has 106 valence electrons. The molecule has 1 aromatic carbocycles. The Balaban J connectivity index is 2.42. The molecule has 2 aromatic rings. The largest absolute Gasteiger partial charge is 0.476 e. The highest BCUT2D eigenvalue weighted by Crippen LogP contribution is 2.23. The highest BCUT2D eigenvalue weighted by atomic mass is 32.2. The number of nitrogens with one attached hydrogen (secondary N) is 1. The predicted molar refractivity (Wildman–Crippen MR) is 73.0 cm³/mol. The van der Waals surface area contributed by atoms with E-state index in [0.29, 0.717) is 10.9 Å². The van der Waals surface area contributed by atoms with E-state index < -0.39 is 16.0 Å². The minimum atomic E-state index is -3.63. The molecule has 0 spiro atoms. The van der Waals surface area contributed by atoms with Crippen LogP contribution in [-0.4, -0.2) is 42.0 Å². The molecule has 1 aromatic heterocycles. The fourth-order valence-corrected chi connectivity index (χ4v) is 2.09. The molecule has 0 aliphatic rings. The molecule has 0 saturated carbocycles. The zero-order valence-electron chi connectivity index (χ0n) is 10.3. The summed E-state index contributed by atoms with van der Waals surface area (Å²) in [6, 6.07) is 6.82. The maximum absolute atomic E-state index is 11.1. The Morgan fingerprint density at radius 3 is 2.65 bits per heavy atom. The van der Waals surface area contributed by atoms with E-state index in [1.165, 1.54) is 0 Å². The number of carboxylic acids is 1. The number of sulfonamides is 1. The summed E-state index contributed by atoms with van der Waals surface area (Å²) in [6.45, 7) is -0.0190. The van der Waals surface area contributed by atoms with Gasteiger partial charge in [-0.1, -0.05) is 18.2 Å². The maximum Gasteiger partial charge on any atom is 0.358 e. The summed E-state index contributed by atoms with van der Waals surface area (Å²) >= 11 is 0. The fourth-order valence-electron chi connectivity index (χ4n) is 1.70. The van der Waals surface area contributed by atoms with Crippen LogP contribution in [0.25, 0.3) is 10.9 Å². The van der Waals surface area contributed by atoms with Crippen molar-refractivity contribution in [2.75, 3.05) is 17.6 Å². The lowest BCUT2D eigenvalue weighted by Gasteiger charge is -2.10. The number of carbonyl (C=O) groups is 1. The van der Waals surface area contributed by atoms with Crippen molar-refractivity contribution >= 4 is 32.6 Å². The third kappa shape index (κ3) is 3.19. The van der Waals surface area contributed by atoms with Crippen molar-refractivity contribution in [1.29, 1.82) is 0 Å². The van der Waals surface area contributed by atoms with E-state index in [4.69, 9.17) is 10.2 Å². The van der Waals surface area contributed by atoms with Gasteiger partial charge in [-0.2, -0.15) is 0 Å². The van der Waals surface area contributed by atoms with Crippen molar-refractivity contribution in [2.24, 2.45) is 5.14 Å². The van der Waals surface area contributed by atoms with Crippen LogP contribution < -0.4 is 10.5 Å². The smallest absolute Gasteiger partial charge is 0.358 e. The van der Waals surface area contributed by atoms with E-state index in [1.54, 1.807) is 24.3 Å². The first-order valence-electron chi connectivity index (χ1n) is 5.61. The Labute approximate surface area is 114 Å². The number of aromatic carboxylic acids is 1. The second-order valence-electron chi connectivity index (χ2n) is 4.04. The van der Waals surface area contributed by atoms with Crippen molar-refractivity contribution < 1.29 is 18.3 Å². The van der Waals surface area contributed by atoms with E-state index in [-0.39, 0.29) is 23.7 Å². The Hall–Kier alpha value is -2.26. The molecule has 8 nitrogen and oxygen atoms in total. The van der Waals surface area contributed by atoms with E-state index in [9.17, 15) is 13.2 Å². The van der Waals surface area contributed by atoms with Crippen LogP contribution in [0, 0.1) is 0 Å². The zero-order valence-corrected chi connectivity index (χ0v) is 11.1. The first-order chi connectivity index (χ1) is 9.38. The molecular formula is C11H12N4O4S. The van der Waals surface area contributed by atoms with Gasteiger partial charge in [-0.3, -0.25) is 0 Å². The summed E-state index contributed by atoms with van der Waals surface area (Å²) in [4.78, 5) is 11.1. The number of rotatable bonds is 5. The van der Waals surface area contributed by atoms with Crippen LogP contribution in [0.2, 0.25) is 0 Å². The van der Waals surface area contributed by atoms with Gasteiger partial charge in [-0.05, 0) is 6.07 Å².